The summed E-state index contributed by atoms with van der Waals surface area (Å²) in [4.78, 5) is 4.80. The third-order valence-electron chi connectivity index (χ3n) is 2.47. The highest BCUT2D eigenvalue weighted by atomic mass is 16.6. The van der Waals surface area contributed by atoms with Gasteiger partial charge in [0.25, 0.3) is 0 Å². The van der Waals surface area contributed by atoms with Gasteiger partial charge in [-0.25, -0.2) is 0 Å². The molecular weight excluding hydrogens is 206 g/mol. The van der Waals surface area contributed by atoms with Crippen LogP contribution in [0.3, 0.4) is 0 Å². The van der Waals surface area contributed by atoms with E-state index in [2.05, 4.69) is 5.48 Å². The van der Waals surface area contributed by atoms with Gasteiger partial charge in [-0.15, -0.1) is 0 Å². The second kappa shape index (κ2) is 5.18. The van der Waals surface area contributed by atoms with Crippen LogP contribution in [0.15, 0.2) is 18.2 Å². The summed E-state index contributed by atoms with van der Waals surface area (Å²) < 4.78 is 11.0. The Kier molecular flexibility index (Phi) is 3.64. The highest BCUT2D eigenvalue weighted by Gasteiger charge is 2.24. The normalized spacial score (nSPS) is 14.9. The zero-order chi connectivity index (χ0) is 11.4. The molecule has 1 fully saturated rings. The van der Waals surface area contributed by atoms with E-state index < -0.39 is 0 Å². The van der Waals surface area contributed by atoms with E-state index in [1.165, 1.54) is 0 Å². The number of ether oxygens (including phenoxy) is 2. The van der Waals surface area contributed by atoms with Crippen LogP contribution >= 0.6 is 0 Å². The van der Waals surface area contributed by atoms with Crippen molar-refractivity contribution in [3.05, 3.63) is 23.8 Å². The average molecular weight is 223 g/mol. The highest BCUT2D eigenvalue weighted by Crippen LogP contribution is 2.34. The van der Waals surface area contributed by atoms with Crippen LogP contribution < -0.4 is 15.0 Å². The molecule has 0 spiro atoms. The van der Waals surface area contributed by atoms with E-state index in [0.29, 0.717) is 12.6 Å². The molecule has 1 saturated carbocycles. The van der Waals surface area contributed by atoms with Crippen LogP contribution in [0.4, 0.5) is 0 Å². The van der Waals surface area contributed by atoms with E-state index >= 15 is 0 Å². The van der Waals surface area contributed by atoms with Gasteiger partial charge in [-0.05, 0) is 30.5 Å². The summed E-state index contributed by atoms with van der Waals surface area (Å²) in [6, 6.07) is 5.92. The molecule has 0 saturated heterocycles. The second-order valence-corrected chi connectivity index (χ2v) is 3.83. The molecular formula is C12H17NO3. The van der Waals surface area contributed by atoms with Crippen molar-refractivity contribution in [2.75, 3.05) is 14.2 Å². The molecule has 0 bridgehead atoms. The lowest BCUT2D eigenvalue weighted by atomic mass is 10.2. The Morgan fingerprint density at radius 2 is 2.06 bits per heavy atom. The van der Waals surface area contributed by atoms with Crippen LogP contribution in [0.2, 0.25) is 0 Å². The van der Waals surface area contributed by atoms with Crippen LogP contribution in [-0.2, 0) is 11.4 Å². The van der Waals surface area contributed by atoms with Crippen LogP contribution in [0.1, 0.15) is 18.4 Å². The van der Waals surface area contributed by atoms with Crippen LogP contribution in [-0.4, -0.2) is 20.3 Å². The molecule has 88 valence electrons. The van der Waals surface area contributed by atoms with Crippen molar-refractivity contribution in [3.63, 3.8) is 0 Å². The van der Waals surface area contributed by atoms with Gasteiger partial charge in [-0.3, -0.25) is 0 Å². The van der Waals surface area contributed by atoms with E-state index in [1.54, 1.807) is 14.2 Å². The van der Waals surface area contributed by atoms with E-state index in [9.17, 15) is 0 Å². The summed E-state index contributed by atoms with van der Waals surface area (Å²) in [5.74, 6) is 1.61. The second-order valence-electron chi connectivity index (χ2n) is 3.83. The largest absolute Gasteiger partial charge is 0.493 e. The van der Waals surface area contributed by atoms with Crippen LogP contribution in [0.25, 0.3) is 0 Å². The number of nitrogens with one attached hydrogen (secondary N) is 1. The molecule has 1 aliphatic carbocycles. The molecule has 4 heteroatoms. The van der Waals surface area contributed by atoms with Gasteiger partial charge in [-0.1, -0.05) is 6.07 Å². The van der Waals surface area contributed by atoms with Crippen molar-refractivity contribution in [1.82, 2.24) is 5.48 Å². The Morgan fingerprint density at radius 3 is 2.69 bits per heavy atom. The Hall–Kier alpha value is -1.26. The van der Waals surface area contributed by atoms with Crippen molar-refractivity contribution in [2.24, 2.45) is 0 Å². The summed E-state index contributed by atoms with van der Waals surface area (Å²) >= 11 is 0. The first-order valence-corrected chi connectivity index (χ1v) is 5.43. The van der Waals surface area contributed by atoms with E-state index in [4.69, 9.17) is 14.3 Å². The Bertz CT molecular complexity index is 350. The van der Waals surface area contributed by atoms with Gasteiger partial charge in [0.15, 0.2) is 11.5 Å². The summed E-state index contributed by atoms with van der Waals surface area (Å²) in [5.41, 5.74) is 3.89. The van der Waals surface area contributed by atoms with Crippen LogP contribution in [0.5, 0.6) is 11.5 Å². The standard InChI is InChI=1S/C12H17NO3/c1-14-12-7-9(8-13-15-2)3-6-11(12)16-10-4-5-10/h3,6-7,10,13H,4-5,8H2,1-2H3. The van der Waals surface area contributed by atoms with Crippen molar-refractivity contribution in [1.29, 1.82) is 0 Å². The van der Waals surface area contributed by atoms with Gasteiger partial charge >= 0.3 is 0 Å². The number of hydrogen-bond donors (Lipinski definition) is 1. The smallest absolute Gasteiger partial charge is 0.161 e. The number of hydrogen-bond acceptors (Lipinski definition) is 4. The molecule has 0 amide bonds. The maximum absolute atomic E-state index is 5.73. The lowest BCUT2D eigenvalue weighted by molar-refractivity contribution is 0.0866. The zero-order valence-corrected chi connectivity index (χ0v) is 9.66. The highest BCUT2D eigenvalue weighted by molar-refractivity contribution is 5.43. The summed E-state index contributed by atoms with van der Waals surface area (Å²) in [6.07, 6.45) is 2.68. The number of methoxy groups -OCH3 is 1. The molecule has 1 aromatic rings. The predicted octanol–water partition coefficient (Wildman–Crippen LogP) is 1.89. The Balaban J connectivity index is 2.06. The average Bonchev–Trinajstić information content (AvgIpc) is 3.11. The van der Waals surface area contributed by atoms with Crippen LogP contribution in [0, 0.1) is 0 Å². The van der Waals surface area contributed by atoms with Gasteiger partial charge in [0.2, 0.25) is 0 Å². The van der Waals surface area contributed by atoms with E-state index in [0.717, 1.165) is 29.9 Å². The van der Waals surface area contributed by atoms with Gasteiger partial charge in [0.1, 0.15) is 0 Å². The third-order valence-corrected chi connectivity index (χ3v) is 2.47. The maximum atomic E-state index is 5.73. The lowest BCUT2D eigenvalue weighted by Gasteiger charge is -2.11. The molecule has 0 aliphatic heterocycles. The van der Waals surface area contributed by atoms with Crippen molar-refractivity contribution >= 4 is 0 Å². The SMILES string of the molecule is CONCc1ccc(OC2CC2)c(OC)c1. The minimum absolute atomic E-state index is 0.386. The number of benzene rings is 1. The Labute approximate surface area is 95.5 Å². The third kappa shape index (κ3) is 2.87. The molecule has 4 nitrogen and oxygen atoms in total. The molecule has 1 N–H and O–H groups in total. The first kappa shape index (κ1) is 11.2. The topological polar surface area (TPSA) is 39.7 Å². The van der Waals surface area contributed by atoms with Gasteiger partial charge in [0.05, 0.1) is 20.3 Å². The predicted molar refractivity (Wildman–Crippen MR) is 60.5 cm³/mol. The van der Waals surface area contributed by atoms with E-state index in [1.807, 2.05) is 18.2 Å². The molecule has 1 aromatic carbocycles. The fourth-order valence-corrected chi connectivity index (χ4v) is 1.44. The lowest BCUT2D eigenvalue weighted by Crippen LogP contribution is -2.10. The van der Waals surface area contributed by atoms with Gasteiger partial charge in [-0.2, -0.15) is 5.48 Å². The number of rotatable bonds is 6. The Morgan fingerprint density at radius 1 is 1.25 bits per heavy atom. The van der Waals surface area contributed by atoms with Crippen molar-refractivity contribution < 1.29 is 14.3 Å². The molecule has 0 heterocycles. The minimum Gasteiger partial charge on any atom is -0.493 e. The quantitative estimate of drug-likeness (QED) is 0.747. The number of hydroxylamine groups is 1. The molecule has 0 unspecified atom stereocenters. The maximum Gasteiger partial charge on any atom is 0.161 e. The van der Waals surface area contributed by atoms with Gasteiger partial charge < -0.3 is 14.3 Å². The minimum atomic E-state index is 0.386. The molecule has 0 atom stereocenters. The fraction of sp³-hybridized carbons (Fsp3) is 0.500. The first-order valence-electron chi connectivity index (χ1n) is 5.43. The van der Waals surface area contributed by atoms with Crippen molar-refractivity contribution in [2.45, 2.75) is 25.5 Å². The summed E-state index contributed by atoms with van der Waals surface area (Å²) in [7, 11) is 3.25. The fourth-order valence-electron chi connectivity index (χ4n) is 1.44. The van der Waals surface area contributed by atoms with Gasteiger partial charge in [0, 0.05) is 6.54 Å². The molecule has 16 heavy (non-hydrogen) atoms. The van der Waals surface area contributed by atoms with E-state index in [-0.39, 0.29) is 0 Å². The summed E-state index contributed by atoms with van der Waals surface area (Å²) in [5, 5.41) is 0. The molecule has 0 aromatic heterocycles. The molecule has 2 rings (SSSR count). The molecule has 1 aliphatic rings. The zero-order valence-electron chi connectivity index (χ0n) is 9.66. The molecule has 0 radical (unpaired) electrons. The van der Waals surface area contributed by atoms with Crippen molar-refractivity contribution in [3.8, 4) is 11.5 Å². The first-order chi connectivity index (χ1) is 7.83. The summed E-state index contributed by atoms with van der Waals surface area (Å²) in [6.45, 7) is 0.649. The monoisotopic (exact) mass is 223 g/mol.